The van der Waals surface area contributed by atoms with E-state index in [-0.39, 0.29) is 5.91 Å². The molecule has 1 aromatic rings. The molecule has 0 unspecified atom stereocenters. The van der Waals surface area contributed by atoms with Crippen molar-refractivity contribution in [3.05, 3.63) is 29.8 Å². The summed E-state index contributed by atoms with van der Waals surface area (Å²) in [6.45, 7) is 1.34. The molecule has 0 spiro atoms. The van der Waals surface area contributed by atoms with Crippen molar-refractivity contribution in [2.24, 2.45) is 0 Å². The third-order valence-electron chi connectivity index (χ3n) is 3.72. The average molecular weight is 276 g/mol. The first-order valence-electron chi connectivity index (χ1n) is 7.51. The van der Waals surface area contributed by atoms with Crippen molar-refractivity contribution in [3.63, 3.8) is 0 Å². The van der Waals surface area contributed by atoms with Gasteiger partial charge in [-0.3, -0.25) is 4.79 Å². The molecule has 4 heteroatoms. The number of benzene rings is 1. The highest BCUT2D eigenvalue weighted by atomic mass is 16.5. The minimum Gasteiger partial charge on any atom is -0.398 e. The second-order valence-electron chi connectivity index (χ2n) is 5.33. The molecule has 0 aliphatic heterocycles. The maximum absolute atomic E-state index is 11.9. The van der Waals surface area contributed by atoms with Crippen LogP contribution < -0.4 is 11.1 Å². The van der Waals surface area contributed by atoms with Gasteiger partial charge in [-0.2, -0.15) is 0 Å². The average Bonchev–Trinajstić information content (AvgIpc) is 2.48. The Morgan fingerprint density at radius 2 is 2.00 bits per heavy atom. The Bertz CT molecular complexity index is 428. The Kier molecular flexibility index (Phi) is 5.87. The topological polar surface area (TPSA) is 64.4 Å². The summed E-state index contributed by atoms with van der Waals surface area (Å²) in [6.07, 6.45) is 7.57. The molecular weight excluding hydrogens is 252 g/mol. The number of hydrogen-bond acceptors (Lipinski definition) is 3. The summed E-state index contributed by atoms with van der Waals surface area (Å²) >= 11 is 0. The number of amides is 1. The lowest BCUT2D eigenvalue weighted by Gasteiger charge is -2.21. The van der Waals surface area contributed by atoms with Gasteiger partial charge in [0, 0.05) is 18.8 Å². The van der Waals surface area contributed by atoms with E-state index in [9.17, 15) is 4.79 Å². The van der Waals surface area contributed by atoms with Crippen LogP contribution in [0, 0.1) is 0 Å². The van der Waals surface area contributed by atoms with Gasteiger partial charge in [-0.1, -0.05) is 31.4 Å². The van der Waals surface area contributed by atoms with Gasteiger partial charge in [-0.05, 0) is 31.4 Å². The van der Waals surface area contributed by atoms with Crippen LogP contribution in [0.3, 0.4) is 0 Å². The lowest BCUT2D eigenvalue weighted by Crippen LogP contribution is -2.26. The van der Waals surface area contributed by atoms with Gasteiger partial charge >= 0.3 is 0 Å². The smallest absolute Gasteiger partial charge is 0.253 e. The van der Waals surface area contributed by atoms with Crippen LogP contribution in [0.2, 0.25) is 0 Å². The summed E-state index contributed by atoms with van der Waals surface area (Å²) in [6, 6.07) is 7.12. The summed E-state index contributed by atoms with van der Waals surface area (Å²) in [5.74, 6) is -0.110. The normalized spacial score (nSPS) is 16.0. The second-order valence-corrected chi connectivity index (χ2v) is 5.33. The molecule has 0 atom stereocenters. The van der Waals surface area contributed by atoms with Gasteiger partial charge < -0.3 is 15.8 Å². The van der Waals surface area contributed by atoms with E-state index in [0.29, 0.717) is 23.9 Å². The molecule has 1 aromatic carbocycles. The van der Waals surface area contributed by atoms with Crippen LogP contribution >= 0.6 is 0 Å². The summed E-state index contributed by atoms with van der Waals surface area (Å²) < 4.78 is 5.82. The highest BCUT2D eigenvalue weighted by molar-refractivity contribution is 5.98. The Morgan fingerprint density at radius 3 is 2.75 bits per heavy atom. The zero-order chi connectivity index (χ0) is 14.2. The van der Waals surface area contributed by atoms with Gasteiger partial charge in [0.1, 0.15) is 0 Å². The number of carbonyl (C=O) groups excluding carboxylic acids is 1. The molecule has 2 rings (SSSR count). The number of nitrogen functional groups attached to an aromatic ring is 1. The number of carbonyl (C=O) groups is 1. The van der Waals surface area contributed by atoms with Crippen molar-refractivity contribution >= 4 is 11.6 Å². The van der Waals surface area contributed by atoms with Crippen molar-refractivity contribution in [2.45, 2.75) is 44.6 Å². The predicted octanol–water partition coefficient (Wildman–Crippen LogP) is 2.74. The fourth-order valence-corrected chi connectivity index (χ4v) is 2.55. The number of hydrogen-bond donors (Lipinski definition) is 2. The molecule has 3 N–H and O–H groups in total. The summed E-state index contributed by atoms with van der Waals surface area (Å²) in [7, 11) is 0. The van der Waals surface area contributed by atoms with Crippen LogP contribution in [0.15, 0.2) is 24.3 Å². The fraction of sp³-hybridized carbons (Fsp3) is 0.562. The molecule has 0 aromatic heterocycles. The first-order chi connectivity index (χ1) is 9.77. The van der Waals surface area contributed by atoms with Crippen molar-refractivity contribution in [2.75, 3.05) is 18.9 Å². The molecule has 1 saturated carbocycles. The zero-order valence-electron chi connectivity index (χ0n) is 11.9. The minimum atomic E-state index is -0.110. The minimum absolute atomic E-state index is 0.110. The number of nitrogens with one attached hydrogen (secondary N) is 1. The lowest BCUT2D eigenvalue weighted by molar-refractivity contribution is 0.0273. The first-order valence-corrected chi connectivity index (χ1v) is 7.51. The Hall–Kier alpha value is -1.55. The van der Waals surface area contributed by atoms with Gasteiger partial charge in [-0.15, -0.1) is 0 Å². The van der Waals surface area contributed by atoms with Crippen molar-refractivity contribution in [1.82, 2.24) is 5.32 Å². The fourth-order valence-electron chi connectivity index (χ4n) is 2.55. The molecule has 110 valence electrons. The van der Waals surface area contributed by atoms with E-state index in [2.05, 4.69) is 5.32 Å². The van der Waals surface area contributed by atoms with Crippen molar-refractivity contribution in [3.8, 4) is 0 Å². The van der Waals surface area contributed by atoms with E-state index in [0.717, 1.165) is 13.0 Å². The van der Waals surface area contributed by atoms with E-state index in [1.165, 1.54) is 32.1 Å². The lowest BCUT2D eigenvalue weighted by atomic mass is 9.98. The summed E-state index contributed by atoms with van der Waals surface area (Å²) in [5.41, 5.74) is 6.82. The van der Waals surface area contributed by atoms with Crippen molar-refractivity contribution in [1.29, 1.82) is 0 Å². The van der Waals surface area contributed by atoms with Gasteiger partial charge in [0.05, 0.1) is 11.7 Å². The molecule has 0 radical (unpaired) electrons. The van der Waals surface area contributed by atoms with Crippen LogP contribution in [0.25, 0.3) is 0 Å². The third-order valence-corrected chi connectivity index (χ3v) is 3.72. The Balaban J connectivity index is 1.61. The molecule has 0 bridgehead atoms. The highest BCUT2D eigenvalue weighted by Gasteiger charge is 2.13. The number of anilines is 1. The molecule has 1 amide bonds. The number of rotatable bonds is 6. The van der Waals surface area contributed by atoms with E-state index in [1.54, 1.807) is 12.1 Å². The van der Waals surface area contributed by atoms with Crippen LogP contribution in [0.4, 0.5) is 5.69 Å². The standard InChI is InChI=1S/C16H24N2O2/c17-15-10-5-4-9-14(15)16(19)18-11-6-12-20-13-7-2-1-3-8-13/h4-5,9-10,13H,1-3,6-8,11-12,17H2,(H,18,19). The Labute approximate surface area is 120 Å². The first kappa shape index (κ1) is 14.9. The van der Waals surface area contributed by atoms with Crippen LogP contribution in [-0.4, -0.2) is 25.2 Å². The SMILES string of the molecule is Nc1ccccc1C(=O)NCCCOC1CCCCC1. The molecule has 1 aliphatic carbocycles. The molecule has 4 nitrogen and oxygen atoms in total. The van der Waals surface area contributed by atoms with E-state index in [1.807, 2.05) is 12.1 Å². The summed E-state index contributed by atoms with van der Waals surface area (Å²) in [4.78, 5) is 11.9. The van der Waals surface area contributed by atoms with Gasteiger partial charge in [0.15, 0.2) is 0 Å². The van der Waals surface area contributed by atoms with Gasteiger partial charge in [0.2, 0.25) is 0 Å². The molecule has 0 heterocycles. The second kappa shape index (κ2) is 7.90. The highest BCUT2D eigenvalue weighted by Crippen LogP contribution is 2.20. The van der Waals surface area contributed by atoms with Gasteiger partial charge in [-0.25, -0.2) is 0 Å². The van der Waals surface area contributed by atoms with Crippen molar-refractivity contribution < 1.29 is 9.53 Å². The molecule has 1 aliphatic rings. The number of ether oxygens (including phenoxy) is 1. The molecule has 0 saturated heterocycles. The predicted molar refractivity (Wildman–Crippen MR) is 80.6 cm³/mol. The number of para-hydroxylation sites is 1. The maximum Gasteiger partial charge on any atom is 0.253 e. The van der Waals surface area contributed by atoms with Gasteiger partial charge in [0.25, 0.3) is 5.91 Å². The molecule has 1 fully saturated rings. The van der Waals surface area contributed by atoms with E-state index >= 15 is 0 Å². The van der Waals surface area contributed by atoms with E-state index < -0.39 is 0 Å². The quantitative estimate of drug-likeness (QED) is 0.620. The number of nitrogens with two attached hydrogens (primary N) is 1. The molecular formula is C16H24N2O2. The molecule has 20 heavy (non-hydrogen) atoms. The Morgan fingerprint density at radius 1 is 1.25 bits per heavy atom. The monoisotopic (exact) mass is 276 g/mol. The van der Waals surface area contributed by atoms with Crippen LogP contribution in [0.1, 0.15) is 48.9 Å². The summed E-state index contributed by atoms with van der Waals surface area (Å²) in [5, 5.41) is 2.88. The largest absolute Gasteiger partial charge is 0.398 e. The third kappa shape index (κ3) is 4.53. The van der Waals surface area contributed by atoms with Crippen LogP contribution in [-0.2, 0) is 4.74 Å². The van der Waals surface area contributed by atoms with Crippen LogP contribution in [0.5, 0.6) is 0 Å². The van der Waals surface area contributed by atoms with E-state index in [4.69, 9.17) is 10.5 Å². The maximum atomic E-state index is 11.9. The zero-order valence-corrected chi connectivity index (χ0v) is 11.9.